The third-order valence-corrected chi connectivity index (χ3v) is 17.1. The molecule has 2 aromatic carbocycles. The van der Waals surface area contributed by atoms with E-state index in [1.165, 1.54) is 49.8 Å². The van der Waals surface area contributed by atoms with Crippen molar-refractivity contribution in [2.45, 2.75) is 53.2 Å². The van der Waals surface area contributed by atoms with Crippen LogP contribution in [0.25, 0.3) is 12.2 Å². The SMILES string of the molecule is Cc1ccc(C)c2c1C=C[CH]2[Ru]1([CH]2C=Cc3c(C)ccc(C)c32)[CH2]C[CH2]1. The van der Waals surface area contributed by atoms with Crippen LogP contribution < -0.4 is 0 Å². The van der Waals surface area contributed by atoms with Crippen molar-refractivity contribution >= 4 is 12.2 Å². The molecule has 2 atom stereocenters. The third kappa shape index (κ3) is 2.10. The molecule has 5 rings (SSSR count). The van der Waals surface area contributed by atoms with E-state index in [1.807, 2.05) is 0 Å². The summed E-state index contributed by atoms with van der Waals surface area (Å²) in [4.78, 5) is 0. The Morgan fingerprint density at radius 3 is 1.46 bits per heavy atom. The van der Waals surface area contributed by atoms with Gasteiger partial charge in [-0.25, -0.2) is 0 Å². The fraction of sp³-hybridized carbons (Fsp3) is 0.360. The van der Waals surface area contributed by atoms with Crippen LogP contribution in [-0.4, -0.2) is 0 Å². The molecule has 1 fully saturated rings. The Labute approximate surface area is 160 Å². The van der Waals surface area contributed by atoms with E-state index in [4.69, 9.17) is 0 Å². The topological polar surface area (TPSA) is 0 Å². The van der Waals surface area contributed by atoms with Gasteiger partial charge in [-0.15, -0.1) is 0 Å². The van der Waals surface area contributed by atoms with Crippen molar-refractivity contribution in [2.24, 2.45) is 0 Å². The van der Waals surface area contributed by atoms with Gasteiger partial charge in [0.2, 0.25) is 0 Å². The Morgan fingerprint density at radius 1 is 0.654 bits per heavy atom. The zero-order chi connectivity index (χ0) is 18.1. The minimum absolute atomic E-state index is 0.732. The Bertz CT molecular complexity index is 897. The molecular formula is C25H28Ru. The van der Waals surface area contributed by atoms with Crippen LogP contribution in [0.1, 0.15) is 60.0 Å². The normalized spacial score (nSPS) is 25.7. The van der Waals surface area contributed by atoms with Crippen molar-refractivity contribution in [1.82, 2.24) is 0 Å². The number of hydrogen-bond donors (Lipinski definition) is 0. The summed E-state index contributed by atoms with van der Waals surface area (Å²) in [6.07, 6.45) is 11.6. The zero-order valence-electron chi connectivity index (χ0n) is 16.2. The van der Waals surface area contributed by atoms with Gasteiger partial charge in [-0.1, -0.05) is 0 Å². The van der Waals surface area contributed by atoms with Gasteiger partial charge in [-0.05, 0) is 0 Å². The van der Waals surface area contributed by atoms with Crippen LogP contribution in [0.4, 0.5) is 0 Å². The molecule has 2 unspecified atom stereocenters. The molecule has 1 heterocycles. The average Bonchev–Trinajstić information content (AvgIpc) is 3.21. The molecule has 0 aromatic heterocycles. The predicted octanol–water partition coefficient (Wildman–Crippen LogP) is 7.15. The first-order valence-electron chi connectivity index (χ1n) is 9.72. The van der Waals surface area contributed by atoms with Crippen molar-refractivity contribution in [2.75, 3.05) is 0 Å². The summed E-state index contributed by atoms with van der Waals surface area (Å²) in [5, 5.41) is 3.03. The van der Waals surface area contributed by atoms with E-state index in [0.29, 0.717) is 0 Å². The summed E-state index contributed by atoms with van der Waals surface area (Å²) in [5.41, 5.74) is 12.4. The first-order chi connectivity index (χ1) is 12.5. The van der Waals surface area contributed by atoms with Crippen LogP contribution in [-0.2, 0) is 14.8 Å². The van der Waals surface area contributed by atoms with Gasteiger partial charge in [0.05, 0.1) is 0 Å². The van der Waals surface area contributed by atoms with E-state index in [1.54, 1.807) is 11.1 Å². The standard InChI is InChI=1S/2C11H11.C3H6.Ru/c2*1-8-6-7-9(2)11-5-3-4-10(8)11;1-3-2;/h2*3-7H,1-2H3;1-3H2;. The average molecular weight is 430 g/mol. The Hall–Kier alpha value is -1.46. The van der Waals surface area contributed by atoms with Gasteiger partial charge in [-0.3, -0.25) is 0 Å². The van der Waals surface area contributed by atoms with Crippen molar-refractivity contribution in [3.8, 4) is 0 Å². The van der Waals surface area contributed by atoms with Crippen LogP contribution in [0.2, 0.25) is 10.0 Å². The second kappa shape index (κ2) is 5.77. The van der Waals surface area contributed by atoms with Crippen LogP contribution >= 0.6 is 0 Å². The molecule has 3 aliphatic rings. The second-order valence-corrected chi connectivity index (χ2v) is 16.3. The van der Waals surface area contributed by atoms with E-state index in [2.05, 4.69) is 76.3 Å². The Morgan fingerprint density at radius 2 is 1.08 bits per heavy atom. The molecule has 0 bridgehead atoms. The molecule has 26 heavy (non-hydrogen) atoms. The Kier molecular flexibility index (Phi) is 3.70. The molecule has 1 heteroatoms. The Balaban J connectivity index is 1.66. The van der Waals surface area contributed by atoms with Crippen molar-refractivity contribution in [3.63, 3.8) is 0 Å². The number of benzene rings is 2. The number of fused-ring (bicyclic) bond motifs is 2. The van der Waals surface area contributed by atoms with Crippen molar-refractivity contribution in [3.05, 3.63) is 80.9 Å². The summed E-state index contributed by atoms with van der Waals surface area (Å²) in [7, 11) is 0. The molecule has 0 nitrogen and oxygen atoms in total. The quantitative estimate of drug-likeness (QED) is 0.445. The zero-order valence-corrected chi connectivity index (χ0v) is 18.0. The number of rotatable bonds is 2. The molecule has 136 valence electrons. The predicted molar refractivity (Wildman–Crippen MR) is 110 cm³/mol. The molecule has 1 saturated heterocycles. The molecule has 0 amide bonds. The summed E-state index contributed by atoms with van der Waals surface area (Å²) in [5.74, 6) is 0. The van der Waals surface area contributed by atoms with E-state index < -0.39 is 14.8 Å². The van der Waals surface area contributed by atoms with Crippen LogP contribution in [0.3, 0.4) is 0 Å². The van der Waals surface area contributed by atoms with E-state index in [0.717, 1.165) is 9.02 Å². The number of aryl methyl sites for hydroxylation is 4. The summed E-state index contributed by atoms with van der Waals surface area (Å²) < 4.78 is 1.46. The number of hydrogen-bond acceptors (Lipinski definition) is 0. The van der Waals surface area contributed by atoms with E-state index in [-0.39, 0.29) is 0 Å². The third-order valence-electron chi connectivity index (χ3n) is 6.62. The van der Waals surface area contributed by atoms with Crippen LogP contribution in [0.15, 0.2) is 36.4 Å². The molecule has 0 saturated carbocycles. The molecule has 0 spiro atoms. The van der Waals surface area contributed by atoms with Gasteiger partial charge in [0.1, 0.15) is 0 Å². The molecule has 0 radical (unpaired) electrons. The molecule has 1 aliphatic heterocycles. The monoisotopic (exact) mass is 430 g/mol. The first-order valence-corrected chi connectivity index (χ1v) is 14.2. The summed E-state index contributed by atoms with van der Waals surface area (Å²) in [6.45, 7) is 9.22. The van der Waals surface area contributed by atoms with Gasteiger partial charge >= 0.3 is 161 Å². The second-order valence-electron chi connectivity index (χ2n) is 8.12. The molecule has 0 N–H and O–H groups in total. The molecule has 2 aliphatic carbocycles. The van der Waals surface area contributed by atoms with Gasteiger partial charge in [0.15, 0.2) is 0 Å². The molecular weight excluding hydrogens is 401 g/mol. The maximum atomic E-state index is 2.60. The van der Waals surface area contributed by atoms with Crippen molar-refractivity contribution < 1.29 is 14.8 Å². The molecule has 2 aromatic rings. The van der Waals surface area contributed by atoms with Crippen LogP contribution in [0.5, 0.6) is 0 Å². The number of allylic oxidation sites excluding steroid dienone is 2. The fourth-order valence-electron chi connectivity index (χ4n) is 5.08. The summed E-state index contributed by atoms with van der Waals surface area (Å²) in [6, 6.07) is 9.32. The van der Waals surface area contributed by atoms with E-state index >= 15 is 0 Å². The summed E-state index contributed by atoms with van der Waals surface area (Å²) >= 11 is -1.87. The fourth-order valence-corrected chi connectivity index (χ4v) is 14.9. The minimum atomic E-state index is -1.87. The van der Waals surface area contributed by atoms with Gasteiger partial charge in [0, 0.05) is 0 Å². The van der Waals surface area contributed by atoms with Crippen LogP contribution in [0, 0.1) is 27.7 Å². The van der Waals surface area contributed by atoms with Gasteiger partial charge < -0.3 is 0 Å². The maximum absolute atomic E-state index is 2.60. The van der Waals surface area contributed by atoms with E-state index in [9.17, 15) is 0 Å². The first kappa shape index (κ1) is 16.7. The van der Waals surface area contributed by atoms with Gasteiger partial charge in [0.25, 0.3) is 0 Å². The van der Waals surface area contributed by atoms with Crippen molar-refractivity contribution in [1.29, 1.82) is 0 Å². The van der Waals surface area contributed by atoms with Gasteiger partial charge in [-0.2, -0.15) is 0 Å².